The number of amides is 5. The van der Waals surface area contributed by atoms with Crippen molar-refractivity contribution in [2.75, 3.05) is 60.2 Å². The molecule has 3 N–H and O–H groups in total. The molecule has 114 heavy (non-hydrogen) atoms. The molecule has 0 aromatic rings. The lowest BCUT2D eigenvalue weighted by atomic mass is 9.87. The lowest BCUT2D eigenvalue weighted by Gasteiger charge is -2.25. The number of alkyl halides is 1. The first-order chi connectivity index (χ1) is 50.5. The average molecular weight is 1630 g/mol. The predicted octanol–water partition coefficient (Wildman–Crippen LogP) is 21.0. The summed E-state index contributed by atoms with van der Waals surface area (Å²) in [5, 5.41) is 8.28. The average Bonchev–Trinajstić information content (AvgIpc) is 0.901. The molecule has 0 aliphatic heterocycles. The number of nitrogens with zero attached hydrogens (tertiary/aromatic N) is 3. The number of hydrogen-bond donors (Lipinski definition) is 3. The number of allylic oxidation sites excluding steroid dienone is 7. The van der Waals surface area contributed by atoms with Crippen LogP contribution in [-0.2, 0) is 57.5 Å². The Kier molecular flexibility index (Phi) is 74.0. The SMILES string of the molecule is C=C(C)C(=O)C(C)(C)C.C=CC(=O)C(C)(C)C.C=CC(=O)CCCC(C)(C)C.C=CC(=O)N(C)CC(=O)C(C)(C)C.C=CC(=O)N(C)CC(C)(C)C.C=CC(=O)NC(C)(C)C.C=CC(=O)NCC(C)(C)C.CC(C)=CC(=O)CC(C)(C)C.CC(C)=CC(=O)CCC(C)(C)C.CC(C)C(=O)CCl.CN(C)C/C=C/C(=O)NC(C)(C)C. The standard InChI is InChI=1S/C11H20O.C10H20N2O.C10H17NO2.2C10H18O.C9H17NO.C8H15NO.C8H14O.C7H13NO.C7H12O.C5H9ClO/c1-9(2)8-10(12)6-7-11(3,4)5;1-10(2,3)11-9(13)7-6-8-12(4)5;1-6-9(13)11(5)7-8(12)10(2,3)4;1-8(2)6-9(11)7-10(3,4)5;1-5-9(11)7-6-8-10(2,3)4;1-6-8(11)10(5)7-9(2,3)4;1-5-7(10)9-6-8(2,3)4;1-6(2)7(9)8(3,4)5;1-5-6(9)8-7(2,3)4;1-5-6(8)7(2,3)4;1-4(2)5(7)3-6/h8H,6-7H2,1-5H3;6-7H,8H2,1-5H3,(H,11,13);6H,1,7H2,2-5H3;6H,7H2,1-5H3;5H,1,6-8H2,2-4H3;6H,1,7H2,2-5H3;5H,1,6H2,2-4H3,(H,9,10);1H2,2-5H3;5H,1H2,2-4H3,(H,8,9);5H,1H2,2-4H3;4H,3H2,1-2H3/b;7-6+;;;;;;;;;. The largest absolute Gasteiger partial charge is 0.352 e. The molecule has 0 rings (SSSR count). The molecule has 5 amide bonds. The van der Waals surface area contributed by atoms with Gasteiger partial charge in [-0.3, -0.25) is 57.5 Å². The lowest BCUT2D eigenvalue weighted by Crippen LogP contribution is -2.39. The highest BCUT2D eigenvalue weighted by Crippen LogP contribution is 2.24. The van der Waals surface area contributed by atoms with E-state index in [2.05, 4.69) is 166 Å². The van der Waals surface area contributed by atoms with Crippen LogP contribution in [0.25, 0.3) is 0 Å². The number of hydrogen-bond acceptors (Lipinski definition) is 13. The van der Waals surface area contributed by atoms with Gasteiger partial charge in [0.2, 0.25) is 29.5 Å². The number of Topliss-reactive ketones (excluding diaryl/α,β-unsaturated/α-hetero) is 3. The van der Waals surface area contributed by atoms with E-state index >= 15 is 0 Å². The quantitative estimate of drug-likeness (QED) is 0.0601. The normalized spacial score (nSPS) is 11.0. The molecular formula is C95H173ClN6O12. The van der Waals surface area contributed by atoms with Crippen LogP contribution in [0.2, 0.25) is 0 Å². The Labute approximate surface area is 704 Å². The minimum absolute atomic E-state index is 0.0140. The molecular weight excluding hydrogens is 1450 g/mol. The van der Waals surface area contributed by atoms with Crippen molar-refractivity contribution in [1.82, 2.24) is 30.7 Å². The van der Waals surface area contributed by atoms with E-state index in [0.717, 1.165) is 43.5 Å². The van der Waals surface area contributed by atoms with Crippen LogP contribution in [0, 0.1) is 49.2 Å². The van der Waals surface area contributed by atoms with Crippen LogP contribution in [0.15, 0.2) is 124 Å². The van der Waals surface area contributed by atoms with Crippen LogP contribution in [0.4, 0.5) is 0 Å². The second-order valence-corrected chi connectivity index (χ2v) is 40.3. The molecule has 19 heteroatoms. The number of carbonyl (C=O) groups excluding carboxylic acids is 12. The number of likely N-dealkylation sites (N-methyl/N-ethyl adjacent to an activating group) is 3. The van der Waals surface area contributed by atoms with Crippen molar-refractivity contribution in [3.63, 3.8) is 0 Å². The molecule has 0 aliphatic rings. The van der Waals surface area contributed by atoms with Gasteiger partial charge < -0.3 is 30.7 Å². The molecule has 0 unspecified atom stereocenters. The zero-order valence-electron chi connectivity index (χ0n) is 80.7. The van der Waals surface area contributed by atoms with Gasteiger partial charge in [-0.2, -0.15) is 0 Å². The van der Waals surface area contributed by atoms with Crippen molar-refractivity contribution in [3.8, 4) is 0 Å². The number of nitrogens with one attached hydrogen (secondary N) is 3. The van der Waals surface area contributed by atoms with E-state index in [9.17, 15) is 57.5 Å². The first-order valence-corrected chi connectivity index (χ1v) is 39.7. The second kappa shape index (κ2) is 64.8. The highest BCUT2D eigenvalue weighted by molar-refractivity contribution is 6.27. The van der Waals surface area contributed by atoms with Crippen LogP contribution in [0.1, 0.15) is 295 Å². The van der Waals surface area contributed by atoms with E-state index in [4.69, 9.17) is 11.6 Å². The second-order valence-electron chi connectivity index (χ2n) is 40.1. The van der Waals surface area contributed by atoms with E-state index in [1.807, 2.05) is 170 Å². The Balaban J connectivity index is -0.000000114. The predicted molar refractivity (Wildman–Crippen MR) is 491 cm³/mol. The molecule has 0 atom stereocenters. The molecule has 0 bridgehead atoms. The minimum atomic E-state index is -0.393. The van der Waals surface area contributed by atoms with Crippen molar-refractivity contribution >= 4 is 81.6 Å². The van der Waals surface area contributed by atoms with Gasteiger partial charge in [0.25, 0.3) is 0 Å². The van der Waals surface area contributed by atoms with Crippen LogP contribution in [0.3, 0.4) is 0 Å². The van der Waals surface area contributed by atoms with Gasteiger partial charge >= 0.3 is 0 Å². The van der Waals surface area contributed by atoms with Crippen LogP contribution in [-0.4, -0.2) is 156 Å². The maximum Gasteiger partial charge on any atom is 0.246 e. The van der Waals surface area contributed by atoms with Gasteiger partial charge in [0.1, 0.15) is 5.78 Å². The highest BCUT2D eigenvalue weighted by Gasteiger charge is 2.24. The molecule has 0 aromatic heterocycles. The van der Waals surface area contributed by atoms with Crippen molar-refractivity contribution in [1.29, 1.82) is 0 Å². The molecule has 662 valence electrons. The molecule has 0 fully saturated rings. The monoisotopic (exact) mass is 1630 g/mol. The zero-order valence-corrected chi connectivity index (χ0v) is 81.5. The van der Waals surface area contributed by atoms with Crippen LogP contribution < -0.4 is 16.0 Å². The van der Waals surface area contributed by atoms with E-state index in [1.165, 1.54) is 41.4 Å². The molecule has 18 nitrogen and oxygen atoms in total. The zero-order chi connectivity index (χ0) is 93.9. The van der Waals surface area contributed by atoms with Crippen molar-refractivity contribution in [2.45, 2.75) is 306 Å². The first kappa shape index (κ1) is 130. The number of rotatable bonds is 24. The molecule has 0 saturated carbocycles. The Morgan fingerprint density at radius 3 is 1.06 bits per heavy atom. The summed E-state index contributed by atoms with van der Waals surface area (Å²) in [6.07, 6.45) is 19.7. The fourth-order valence-corrected chi connectivity index (χ4v) is 7.35. The van der Waals surface area contributed by atoms with E-state index < -0.39 is 5.41 Å². The van der Waals surface area contributed by atoms with Gasteiger partial charge in [-0.25, -0.2) is 0 Å². The topological polar surface area (TPSA) is 251 Å². The molecule has 0 aromatic carbocycles. The third-order valence-corrected chi connectivity index (χ3v) is 13.3. The number of ketones is 7. The molecule has 0 heterocycles. The van der Waals surface area contributed by atoms with Crippen molar-refractivity contribution in [2.24, 2.45) is 49.2 Å². The van der Waals surface area contributed by atoms with E-state index in [1.54, 1.807) is 44.1 Å². The summed E-state index contributed by atoms with van der Waals surface area (Å²) in [5.41, 5.74) is 2.66. The summed E-state index contributed by atoms with van der Waals surface area (Å²) in [6, 6.07) is 0. The van der Waals surface area contributed by atoms with Gasteiger partial charge in [-0.15, -0.1) is 11.6 Å². The van der Waals surface area contributed by atoms with Gasteiger partial charge in [0, 0.05) is 92.3 Å². The highest BCUT2D eigenvalue weighted by atomic mass is 35.5. The Morgan fingerprint density at radius 1 is 0.430 bits per heavy atom. The summed E-state index contributed by atoms with van der Waals surface area (Å²) in [5.74, 6) is 0.794. The van der Waals surface area contributed by atoms with E-state index in [-0.39, 0.29) is 132 Å². The van der Waals surface area contributed by atoms with Gasteiger partial charge in [0.05, 0.1) is 12.4 Å². The van der Waals surface area contributed by atoms with Gasteiger partial charge in [0.15, 0.2) is 34.7 Å². The van der Waals surface area contributed by atoms with Crippen LogP contribution >= 0.6 is 11.6 Å². The van der Waals surface area contributed by atoms with Crippen molar-refractivity contribution < 1.29 is 57.5 Å². The maximum absolute atomic E-state index is 11.5. The molecule has 0 aliphatic carbocycles. The number of carbonyl (C=O) groups is 12. The lowest BCUT2D eigenvalue weighted by molar-refractivity contribution is -0.133. The summed E-state index contributed by atoms with van der Waals surface area (Å²) < 4.78 is 0. The van der Waals surface area contributed by atoms with Gasteiger partial charge in [-0.1, -0.05) is 243 Å². The third-order valence-electron chi connectivity index (χ3n) is 13.0. The summed E-state index contributed by atoms with van der Waals surface area (Å²) >= 11 is 5.20. The third kappa shape index (κ3) is 118. The molecule has 0 radical (unpaired) electrons. The fourth-order valence-electron chi connectivity index (χ4n) is 7.04. The maximum atomic E-state index is 11.5. The fraction of sp³-hybridized carbons (Fsp3) is 0.663. The first-order valence-electron chi connectivity index (χ1n) is 39.2. The molecule has 0 spiro atoms. The smallest absolute Gasteiger partial charge is 0.246 e. The Morgan fingerprint density at radius 2 is 0.825 bits per heavy atom. The minimum Gasteiger partial charge on any atom is -0.352 e. The van der Waals surface area contributed by atoms with Crippen molar-refractivity contribution in [3.05, 3.63) is 124 Å². The van der Waals surface area contributed by atoms with Gasteiger partial charge in [-0.05, 0) is 191 Å². The summed E-state index contributed by atoms with van der Waals surface area (Å²) in [4.78, 5) is 136. The van der Waals surface area contributed by atoms with E-state index in [0.29, 0.717) is 36.8 Å². The van der Waals surface area contributed by atoms with Crippen LogP contribution in [0.5, 0.6) is 0 Å². The number of halogens is 1. The Bertz CT molecular complexity index is 3020. The summed E-state index contributed by atoms with van der Waals surface area (Å²) in [7, 11) is 7.31. The molecule has 0 saturated heterocycles. The summed E-state index contributed by atoms with van der Waals surface area (Å²) in [6.45, 7) is 99.6. The Hall–Kier alpha value is -7.31.